The number of aliphatic hydroxyl groups is 1. The molecule has 180 valence electrons. The second-order valence-corrected chi connectivity index (χ2v) is 11.2. The monoisotopic (exact) mass is 598 g/mol. The van der Waals surface area contributed by atoms with Gasteiger partial charge in [0.05, 0.1) is 11.6 Å². The van der Waals surface area contributed by atoms with Gasteiger partial charge in [0.25, 0.3) is 5.78 Å². The zero-order chi connectivity index (χ0) is 25.2. The Kier molecular flexibility index (Phi) is 7.20. The molecule has 1 aliphatic rings. The number of pyridine rings is 1. The molecule has 1 fully saturated rings. The molecule has 1 N–H and O–H groups in total. The van der Waals surface area contributed by atoms with E-state index in [4.69, 9.17) is 11.6 Å². The van der Waals surface area contributed by atoms with E-state index in [2.05, 4.69) is 31.1 Å². The molecule has 1 saturated heterocycles. The number of ketones is 1. The molecular formula is C25H16BrClN4O3S2. The second kappa shape index (κ2) is 10.5. The molecule has 1 amide bonds. The maximum atomic E-state index is 13.2. The lowest BCUT2D eigenvalue weighted by molar-refractivity contribution is -0.132. The van der Waals surface area contributed by atoms with Gasteiger partial charge in [0.1, 0.15) is 5.76 Å². The number of aromatic nitrogens is 3. The van der Waals surface area contributed by atoms with Gasteiger partial charge >= 0.3 is 5.91 Å². The molecule has 7 nitrogen and oxygen atoms in total. The Balaban J connectivity index is 1.53. The summed E-state index contributed by atoms with van der Waals surface area (Å²) in [5, 5.41) is 20.5. The predicted molar refractivity (Wildman–Crippen MR) is 144 cm³/mol. The summed E-state index contributed by atoms with van der Waals surface area (Å²) in [5.41, 5.74) is 1.90. The first-order valence-electron chi connectivity index (χ1n) is 10.6. The Morgan fingerprint density at radius 2 is 1.86 bits per heavy atom. The Morgan fingerprint density at radius 1 is 1.08 bits per heavy atom. The molecule has 5 rings (SSSR count). The molecule has 4 aromatic rings. The molecule has 2 aromatic heterocycles. The van der Waals surface area contributed by atoms with Crippen LogP contribution < -0.4 is 4.90 Å². The van der Waals surface area contributed by atoms with Gasteiger partial charge in [-0.25, -0.2) is 0 Å². The Morgan fingerprint density at radius 3 is 2.58 bits per heavy atom. The number of Topliss-reactive ketones (excluding diaryl/α,β-unsaturated/α-hetero) is 1. The minimum atomic E-state index is -0.906. The highest BCUT2D eigenvalue weighted by molar-refractivity contribution is 9.10. The highest BCUT2D eigenvalue weighted by atomic mass is 79.9. The van der Waals surface area contributed by atoms with Crippen LogP contribution >= 0.6 is 50.6 Å². The maximum Gasteiger partial charge on any atom is 0.301 e. The van der Waals surface area contributed by atoms with Crippen LogP contribution in [0.1, 0.15) is 22.7 Å². The Bertz CT molecular complexity index is 1480. The van der Waals surface area contributed by atoms with Crippen LogP contribution in [0.5, 0.6) is 0 Å². The number of aliphatic hydroxyl groups excluding tert-OH is 1. The van der Waals surface area contributed by atoms with Gasteiger partial charge in [0.15, 0.2) is 4.34 Å². The third kappa shape index (κ3) is 4.81. The van der Waals surface area contributed by atoms with Crippen molar-refractivity contribution >= 4 is 73.2 Å². The Hall–Kier alpha value is -3.05. The van der Waals surface area contributed by atoms with E-state index in [-0.39, 0.29) is 16.5 Å². The van der Waals surface area contributed by atoms with Crippen molar-refractivity contribution in [1.82, 2.24) is 15.2 Å². The van der Waals surface area contributed by atoms with E-state index in [9.17, 15) is 14.7 Å². The molecule has 0 aliphatic carbocycles. The number of hydrogen-bond acceptors (Lipinski definition) is 8. The largest absolute Gasteiger partial charge is 0.507 e. The van der Waals surface area contributed by atoms with Crippen LogP contribution in [0, 0.1) is 0 Å². The van der Waals surface area contributed by atoms with E-state index in [1.165, 1.54) is 28.0 Å². The lowest BCUT2D eigenvalue weighted by atomic mass is 9.96. The van der Waals surface area contributed by atoms with Crippen molar-refractivity contribution < 1.29 is 14.7 Å². The van der Waals surface area contributed by atoms with E-state index in [1.807, 2.05) is 24.3 Å². The molecule has 0 saturated carbocycles. The number of thioether (sulfide) groups is 1. The highest BCUT2D eigenvalue weighted by Gasteiger charge is 2.48. The van der Waals surface area contributed by atoms with Crippen LogP contribution in [-0.4, -0.2) is 32.0 Å². The number of carbonyl (C=O) groups excluding carboxylic acids is 2. The van der Waals surface area contributed by atoms with Gasteiger partial charge in [-0.2, -0.15) is 0 Å². The number of nitrogens with zero attached hydrogens (tertiary/aromatic N) is 4. The zero-order valence-corrected chi connectivity index (χ0v) is 22.3. The third-order valence-corrected chi connectivity index (χ3v) is 8.48. The van der Waals surface area contributed by atoms with Crippen molar-refractivity contribution in [2.45, 2.75) is 16.1 Å². The summed E-state index contributed by atoms with van der Waals surface area (Å²) >= 11 is 12.2. The van der Waals surface area contributed by atoms with Crippen molar-refractivity contribution in [3.63, 3.8) is 0 Å². The number of anilines is 1. The minimum Gasteiger partial charge on any atom is -0.507 e. The van der Waals surface area contributed by atoms with Crippen molar-refractivity contribution in [3.8, 4) is 0 Å². The lowest BCUT2D eigenvalue weighted by Gasteiger charge is -2.22. The number of halogens is 2. The minimum absolute atomic E-state index is 0.0317. The SMILES string of the molecule is O=C1C(=O)N(c2nnc(SCc3ccccc3Cl)s2)C(c2cccnc2)/C1=C(/O)c1ccc(Br)cc1. The molecule has 0 bridgehead atoms. The molecule has 3 heterocycles. The summed E-state index contributed by atoms with van der Waals surface area (Å²) in [6.45, 7) is 0. The lowest BCUT2D eigenvalue weighted by Crippen LogP contribution is -2.29. The molecule has 2 aromatic carbocycles. The van der Waals surface area contributed by atoms with Gasteiger partial charge in [-0.15, -0.1) is 10.2 Å². The number of hydrogen-bond donors (Lipinski definition) is 1. The van der Waals surface area contributed by atoms with Crippen LogP contribution in [0.25, 0.3) is 5.76 Å². The first-order valence-corrected chi connectivity index (χ1v) is 13.6. The summed E-state index contributed by atoms with van der Waals surface area (Å²) < 4.78 is 1.43. The fraction of sp³-hybridized carbons (Fsp3) is 0.0800. The first kappa shape index (κ1) is 24.6. The molecular weight excluding hydrogens is 584 g/mol. The van der Waals surface area contributed by atoms with Crippen LogP contribution in [0.3, 0.4) is 0 Å². The summed E-state index contributed by atoms with van der Waals surface area (Å²) in [7, 11) is 0. The molecule has 0 radical (unpaired) electrons. The Labute approximate surface area is 228 Å². The van der Waals surface area contributed by atoms with E-state index in [1.54, 1.807) is 48.8 Å². The van der Waals surface area contributed by atoms with E-state index >= 15 is 0 Å². The van der Waals surface area contributed by atoms with Gasteiger partial charge in [-0.1, -0.05) is 87.0 Å². The zero-order valence-electron chi connectivity index (χ0n) is 18.3. The fourth-order valence-electron chi connectivity index (χ4n) is 3.76. The number of benzene rings is 2. The highest BCUT2D eigenvalue weighted by Crippen LogP contribution is 2.44. The average molecular weight is 600 g/mol. The van der Waals surface area contributed by atoms with Crippen LogP contribution in [0.15, 0.2) is 87.4 Å². The van der Waals surface area contributed by atoms with E-state index in [0.29, 0.717) is 26.2 Å². The van der Waals surface area contributed by atoms with Gasteiger partial charge in [0.2, 0.25) is 5.13 Å². The average Bonchev–Trinajstić information content (AvgIpc) is 3.46. The molecule has 1 aliphatic heterocycles. The van der Waals surface area contributed by atoms with Crippen molar-refractivity contribution in [1.29, 1.82) is 0 Å². The van der Waals surface area contributed by atoms with Crippen LogP contribution in [-0.2, 0) is 15.3 Å². The van der Waals surface area contributed by atoms with Crippen LogP contribution in [0.4, 0.5) is 5.13 Å². The van der Waals surface area contributed by atoms with Crippen molar-refractivity contribution in [2.75, 3.05) is 4.90 Å². The smallest absolute Gasteiger partial charge is 0.301 e. The normalized spacial score (nSPS) is 17.1. The molecule has 0 spiro atoms. The van der Waals surface area contributed by atoms with Gasteiger partial charge in [0, 0.05) is 33.2 Å². The van der Waals surface area contributed by atoms with Gasteiger partial charge < -0.3 is 5.11 Å². The predicted octanol–water partition coefficient (Wildman–Crippen LogP) is 6.27. The fourth-order valence-corrected chi connectivity index (χ4v) is 6.18. The third-order valence-electron chi connectivity index (χ3n) is 5.47. The van der Waals surface area contributed by atoms with E-state index in [0.717, 1.165) is 10.0 Å². The van der Waals surface area contributed by atoms with Crippen molar-refractivity contribution in [2.24, 2.45) is 0 Å². The first-order chi connectivity index (χ1) is 17.4. The van der Waals surface area contributed by atoms with Crippen molar-refractivity contribution in [3.05, 3.63) is 105 Å². The summed E-state index contributed by atoms with van der Waals surface area (Å²) in [4.78, 5) is 31.9. The molecule has 11 heteroatoms. The van der Waals surface area contributed by atoms with Crippen LogP contribution in [0.2, 0.25) is 5.02 Å². The summed E-state index contributed by atoms with van der Waals surface area (Å²) in [5.74, 6) is -1.29. The topological polar surface area (TPSA) is 96.3 Å². The number of carbonyl (C=O) groups is 2. The quantitative estimate of drug-likeness (QED) is 0.0918. The van der Waals surface area contributed by atoms with Gasteiger partial charge in [-0.3, -0.25) is 19.5 Å². The summed E-state index contributed by atoms with van der Waals surface area (Å²) in [6, 6.07) is 16.9. The standard InChI is InChI=1S/C25H16BrClN4O3S2/c26-17-9-7-14(8-10-17)21(32)19-20(15-5-3-11-28-12-15)31(23(34)22(19)33)24-29-30-25(36-24)35-13-16-4-1-2-6-18(16)27/h1-12,20,32H,13H2/b21-19-. The maximum absolute atomic E-state index is 13.2. The molecule has 36 heavy (non-hydrogen) atoms. The molecule has 1 atom stereocenters. The second-order valence-electron chi connectivity index (χ2n) is 7.69. The number of amides is 1. The number of rotatable bonds is 6. The van der Waals surface area contributed by atoms with Gasteiger partial charge in [-0.05, 0) is 35.4 Å². The van der Waals surface area contributed by atoms with E-state index < -0.39 is 17.7 Å². The summed E-state index contributed by atoms with van der Waals surface area (Å²) in [6.07, 6.45) is 3.16. The molecule has 1 unspecified atom stereocenters.